The van der Waals surface area contributed by atoms with E-state index >= 15 is 0 Å². The molecule has 6 heteroatoms. The summed E-state index contributed by atoms with van der Waals surface area (Å²) in [6, 6.07) is 7.55. The smallest absolute Gasteiger partial charge is 0.305 e. The van der Waals surface area contributed by atoms with Crippen LogP contribution in [0.5, 0.6) is 5.75 Å². The summed E-state index contributed by atoms with van der Waals surface area (Å²) in [6.45, 7) is 2.67. The van der Waals surface area contributed by atoms with E-state index < -0.39 is 0 Å². The maximum Gasteiger partial charge on any atom is 0.305 e. The van der Waals surface area contributed by atoms with Crippen LogP contribution in [0.2, 0.25) is 0 Å². The Labute approximate surface area is 129 Å². The van der Waals surface area contributed by atoms with Crippen LogP contribution in [0.4, 0.5) is 0 Å². The van der Waals surface area contributed by atoms with Crippen LogP contribution in [-0.4, -0.2) is 30.8 Å². The van der Waals surface area contributed by atoms with Crippen molar-refractivity contribution in [1.29, 1.82) is 0 Å². The lowest BCUT2D eigenvalue weighted by Gasteiger charge is -2.12. The number of ether oxygens (including phenoxy) is 2. The summed E-state index contributed by atoms with van der Waals surface area (Å²) in [6.07, 6.45) is 2.10. The largest absolute Gasteiger partial charge is 0.494 e. The van der Waals surface area contributed by atoms with Crippen LogP contribution in [0, 0.1) is 0 Å². The van der Waals surface area contributed by atoms with Gasteiger partial charge in [0.15, 0.2) is 0 Å². The Kier molecular flexibility index (Phi) is 5.94. The van der Waals surface area contributed by atoms with E-state index in [1.54, 1.807) is 6.92 Å². The second-order valence-corrected chi connectivity index (χ2v) is 4.87. The summed E-state index contributed by atoms with van der Waals surface area (Å²) in [5.74, 6) is 0.497. The summed E-state index contributed by atoms with van der Waals surface area (Å²) in [5.41, 5.74) is 4.32. The number of hydrogen-bond acceptors (Lipinski definition) is 5. The summed E-state index contributed by atoms with van der Waals surface area (Å²) in [4.78, 5) is 22.2. The number of hydrazone groups is 1. The van der Waals surface area contributed by atoms with Crippen molar-refractivity contribution < 1.29 is 19.1 Å². The number of nitrogens with zero attached hydrogens (tertiary/aromatic N) is 1. The lowest BCUT2D eigenvalue weighted by Crippen LogP contribution is -2.25. The highest BCUT2D eigenvalue weighted by Crippen LogP contribution is 2.16. The quantitative estimate of drug-likeness (QED) is 0.617. The standard InChI is InChI=1S/C16H20N2O4/c1-2-21-16(20)4-3-11-22-13-7-5-12(6-8-13)14-9-10-15(19)18-17-14/h5-8H,2-4,9-11H2,1H3,(H,18,19). The maximum absolute atomic E-state index is 11.2. The third-order valence-corrected chi connectivity index (χ3v) is 3.19. The fraction of sp³-hybridized carbons (Fsp3) is 0.438. The molecule has 0 spiro atoms. The van der Waals surface area contributed by atoms with Gasteiger partial charge in [0.1, 0.15) is 5.75 Å². The van der Waals surface area contributed by atoms with Gasteiger partial charge >= 0.3 is 5.97 Å². The van der Waals surface area contributed by atoms with Gasteiger partial charge < -0.3 is 9.47 Å². The average molecular weight is 304 g/mol. The first-order valence-electron chi connectivity index (χ1n) is 7.43. The van der Waals surface area contributed by atoms with E-state index in [0.29, 0.717) is 38.9 Å². The van der Waals surface area contributed by atoms with Crippen LogP contribution < -0.4 is 10.2 Å². The van der Waals surface area contributed by atoms with Crippen molar-refractivity contribution in [2.24, 2.45) is 5.10 Å². The summed E-state index contributed by atoms with van der Waals surface area (Å²) < 4.78 is 10.4. The normalized spacial score (nSPS) is 14.0. The highest BCUT2D eigenvalue weighted by molar-refractivity contribution is 6.04. The number of hydrogen-bond donors (Lipinski definition) is 1. The van der Waals surface area contributed by atoms with Gasteiger partial charge in [-0.2, -0.15) is 5.10 Å². The minimum Gasteiger partial charge on any atom is -0.494 e. The van der Waals surface area contributed by atoms with E-state index in [2.05, 4.69) is 10.5 Å². The van der Waals surface area contributed by atoms with Crippen molar-refractivity contribution in [1.82, 2.24) is 5.43 Å². The molecule has 1 amide bonds. The molecule has 1 N–H and O–H groups in total. The number of esters is 1. The number of nitrogens with one attached hydrogen (secondary N) is 1. The van der Waals surface area contributed by atoms with Crippen LogP contribution in [0.3, 0.4) is 0 Å². The lowest BCUT2D eigenvalue weighted by atomic mass is 10.0. The molecule has 0 fully saturated rings. The Hall–Kier alpha value is -2.37. The first-order valence-corrected chi connectivity index (χ1v) is 7.43. The first-order chi connectivity index (χ1) is 10.7. The van der Waals surface area contributed by atoms with E-state index in [9.17, 15) is 9.59 Å². The highest BCUT2D eigenvalue weighted by Gasteiger charge is 2.13. The van der Waals surface area contributed by atoms with Crippen molar-refractivity contribution in [3.8, 4) is 5.75 Å². The van der Waals surface area contributed by atoms with Gasteiger partial charge in [0.05, 0.1) is 18.9 Å². The molecule has 1 heterocycles. The number of carbonyl (C=O) groups is 2. The first kappa shape index (κ1) is 16.0. The molecular weight excluding hydrogens is 284 g/mol. The summed E-state index contributed by atoms with van der Waals surface area (Å²) in [5, 5.41) is 4.05. The van der Waals surface area contributed by atoms with Gasteiger partial charge in [0.25, 0.3) is 0 Å². The lowest BCUT2D eigenvalue weighted by molar-refractivity contribution is -0.143. The minimum absolute atomic E-state index is 0.0506. The third-order valence-electron chi connectivity index (χ3n) is 3.19. The van der Waals surface area contributed by atoms with Crippen LogP contribution >= 0.6 is 0 Å². The summed E-state index contributed by atoms with van der Waals surface area (Å²) >= 11 is 0. The Bertz CT molecular complexity index is 552. The zero-order valence-corrected chi connectivity index (χ0v) is 12.6. The molecule has 0 atom stereocenters. The molecule has 2 rings (SSSR count). The molecule has 0 aliphatic carbocycles. The van der Waals surface area contributed by atoms with E-state index in [1.807, 2.05) is 24.3 Å². The van der Waals surface area contributed by atoms with Crippen molar-refractivity contribution in [3.05, 3.63) is 29.8 Å². The second kappa shape index (κ2) is 8.17. The van der Waals surface area contributed by atoms with Crippen molar-refractivity contribution in [3.63, 3.8) is 0 Å². The van der Waals surface area contributed by atoms with Gasteiger partial charge in [-0.25, -0.2) is 5.43 Å². The topological polar surface area (TPSA) is 77.0 Å². The van der Waals surface area contributed by atoms with Gasteiger partial charge in [-0.05, 0) is 43.2 Å². The minimum atomic E-state index is -0.196. The summed E-state index contributed by atoms with van der Waals surface area (Å²) in [7, 11) is 0. The Morgan fingerprint density at radius 3 is 2.68 bits per heavy atom. The number of amides is 1. The van der Waals surface area contributed by atoms with Crippen LogP contribution in [-0.2, 0) is 14.3 Å². The molecule has 118 valence electrons. The Balaban J connectivity index is 1.77. The van der Waals surface area contributed by atoms with Gasteiger partial charge in [-0.3, -0.25) is 9.59 Å². The number of benzene rings is 1. The predicted molar refractivity (Wildman–Crippen MR) is 81.7 cm³/mol. The Morgan fingerprint density at radius 1 is 1.27 bits per heavy atom. The van der Waals surface area contributed by atoms with Crippen LogP contribution in [0.15, 0.2) is 29.4 Å². The fourth-order valence-corrected chi connectivity index (χ4v) is 2.07. The number of rotatable bonds is 7. The van der Waals surface area contributed by atoms with Crippen molar-refractivity contribution in [2.45, 2.75) is 32.6 Å². The SMILES string of the molecule is CCOC(=O)CCCOc1ccc(C2=NNC(=O)CC2)cc1. The van der Waals surface area contributed by atoms with Gasteiger partial charge in [0.2, 0.25) is 5.91 Å². The van der Waals surface area contributed by atoms with E-state index in [4.69, 9.17) is 9.47 Å². The molecule has 1 aliphatic rings. The molecule has 0 radical (unpaired) electrons. The van der Waals surface area contributed by atoms with Gasteiger partial charge in [-0.1, -0.05) is 0 Å². The molecule has 1 aromatic carbocycles. The monoisotopic (exact) mass is 304 g/mol. The second-order valence-electron chi connectivity index (χ2n) is 4.87. The van der Waals surface area contributed by atoms with E-state index in [1.165, 1.54) is 0 Å². The van der Waals surface area contributed by atoms with Crippen molar-refractivity contribution in [2.75, 3.05) is 13.2 Å². The molecule has 0 bridgehead atoms. The third kappa shape index (κ3) is 4.87. The Morgan fingerprint density at radius 2 is 2.05 bits per heavy atom. The fourth-order valence-electron chi connectivity index (χ4n) is 2.07. The maximum atomic E-state index is 11.2. The van der Waals surface area contributed by atoms with Gasteiger partial charge in [0, 0.05) is 19.3 Å². The van der Waals surface area contributed by atoms with Crippen LogP contribution in [0.25, 0.3) is 0 Å². The van der Waals surface area contributed by atoms with Crippen molar-refractivity contribution >= 4 is 17.6 Å². The molecular formula is C16H20N2O4. The molecule has 0 saturated carbocycles. The zero-order chi connectivity index (χ0) is 15.8. The number of carbonyl (C=O) groups excluding carboxylic acids is 2. The molecule has 6 nitrogen and oxygen atoms in total. The average Bonchev–Trinajstić information content (AvgIpc) is 2.53. The highest BCUT2D eigenvalue weighted by atomic mass is 16.5. The zero-order valence-electron chi connectivity index (χ0n) is 12.6. The molecule has 1 aliphatic heterocycles. The molecule has 0 unspecified atom stereocenters. The molecule has 0 saturated heterocycles. The predicted octanol–water partition coefficient (Wildman–Crippen LogP) is 2.02. The molecule has 0 aromatic heterocycles. The molecule has 1 aromatic rings. The van der Waals surface area contributed by atoms with Gasteiger partial charge in [-0.15, -0.1) is 0 Å². The molecule has 22 heavy (non-hydrogen) atoms. The van der Waals surface area contributed by atoms with Crippen LogP contribution in [0.1, 0.15) is 38.2 Å². The van der Waals surface area contributed by atoms with E-state index in [0.717, 1.165) is 17.0 Å². The van der Waals surface area contributed by atoms with E-state index in [-0.39, 0.29) is 11.9 Å².